The van der Waals surface area contributed by atoms with Crippen LogP contribution in [0.15, 0.2) is 36.4 Å². The standard InChI is InChI=1S/C20H22N4O2/c25-17-13-15-7-4-3-6-14(15)12-16(17)20(26)21-10-9-19-23-22-18-8-2-1-5-11-24(18)19/h3-4,6-7,12-13,25H,1-2,5,8-11H2,(H,21,26). The molecule has 0 atom stereocenters. The second kappa shape index (κ2) is 7.15. The lowest BCUT2D eigenvalue weighted by molar-refractivity contribution is 0.0951. The Hall–Kier alpha value is -2.89. The molecule has 26 heavy (non-hydrogen) atoms. The first kappa shape index (κ1) is 16.6. The molecule has 3 aromatic rings. The molecule has 0 saturated carbocycles. The van der Waals surface area contributed by atoms with Gasteiger partial charge in [-0.2, -0.15) is 0 Å². The first-order chi connectivity index (χ1) is 12.7. The minimum Gasteiger partial charge on any atom is -0.507 e. The fourth-order valence-electron chi connectivity index (χ4n) is 3.52. The Morgan fingerprint density at radius 2 is 1.92 bits per heavy atom. The van der Waals surface area contributed by atoms with E-state index in [0.717, 1.165) is 48.2 Å². The summed E-state index contributed by atoms with van der Waals surface area (Å²) < 4.78 is 2.19. The molecule has 0 spiro atoms. The van der Waals surface area contributed by atoms with Crippen LogP contribution in [-0.4, -0.2) is 32.3 Å². The van der Waals surface area contributed by atoms with Gasteiger partial charge in [0.25, 0.3) is 5.91 Å². The number of carbonyl (C=O) groups excluding carboxylic acids is 1. The van der Waals surface area contributed by atoms with Gasteiger partial charge in [-0.3, -0.25) is 4.79 Å². The fraction of sp³-hybridized carbons (Fsp3) is 0.350. The summed E-state index contributed by atoms with van der Waals surface area (Å²) in [5.41, 5.74) is 0.295. The van der Waals surface area contributed by atoms with Crippen molar-refractivity contribution in [2.24, 2.45) is 0 Å². The Morgan fingerprint density at radius 3 is 2.77 bits per heavy atom. The third kappa shape index (κ3) is 3.27. The zero-order chi connectivity index (χ0) is 17.9. The average molecular weight is 350 g/mol. The number of carbonyl (C=O) groups is 1. The van der Waals surface area contributed by atoms with Crippen LogP contribution in [0.2, 0.25) is 0 Å². The van der Waals surface area contributed by atoms with Gasteiger partial charge in [-0.15, -0.1) is 10.2 Å². The summed E-state index contributed by atoms with van der Waals surface area (Å²) in [5, 5.41) is 23.4. The number of hydrogen-bond acceptors (Lipinski definition) is 4. The number of phenolic OH excluding ortho intramolecular Hbond substituents is 1. The molecule has 2 heterocycles. The smallest absolute Gasteiger partial charge is 0.255 e. The van der Waals surface area contributed by atoms with Gasteiger partial charge in [0.15, 0.2) is 0 Å². The summed E-state index contributed by atoms with van der Waals surface area (Å²) in [7, 11) is 0. The summed E-state index contributed by atoms with van der Waals surface area (Å²) in [5.74, 6) is 1.70. The molecule has 0 unspecified atom stereocenters. The number of aryl methyl sites for hydroxylation is 1. The van der Waals surface area contributed by atoms with Crippen LogP contribution in [0.4, 0.5) is 0 Å². The molecule has 0 aliphatic carbocycles. The van der Waals surface area contributed by atoms with Crippen LogP contribution in [0.1, 0.15) is 41.3 Å². The molecule has 6 nitrogen and oxygen atoms in total. The van der Waals surface area contributed by atoms with Crippen LogP contribution in [0, 0.1) is 0 Å². The lowest BCUT2D eigenvalue weighted by Gasteiger charge is -2.09. The number of nitrogens with zero attached hydrogens (tertiary/aromatic N) is 3. The lowest BCUT2D eigenvalue weighted by atomic mass is 10.1. The van der Waals surface area contributed by atoms with E-state index in [1.54, 1.807) is 12.1 Å². The van der Waals surface area contributed by atoms with Crippen molar-refractivity contribution < 1.29 is 9.90 Å². The Labute approximate surface area is 151 Å². The first-order valence-corrected chi connectivity index (χ1v) is 9.13. The number of benzene rings is 2. The van der Waals surface area contributed by atoms with E-state index in [4.69, 9.17) is 0 Å². The summed E-state index contributed by atoms with van der Waals surface area (Å²) in [4.78, 5) is 12.5. The van der Waals surface area contributed by atoms with E-state index in [2.05, 4.69) is 20.1 Å². The molecule has 0 fully saturated rings. The molecule has 6 heteroatoms. The molecule has 2 N–H and O–H groups in total. The number of fused-ring (bicyclic) bond motifs is 2. The topological polar surface area (TPSA) is 80.0 Å². The van der Waals surface area contributed by atoms with Gasteiger partial charge in [-0.05, 0) is 35.7 Å². The highest BCUT2D eigenvalue weighted by Crippen LogP contribution is 2.24. The maximum Gasteiger partial charge on any atom is 0.255 e. The number of aromatic hydroxyl groups is 1. The molecule has 1 amide bonds. The zero-order valence-corrected chi connectivity index (χ0v) is 14.6. The molecule has 0 bridgehead atoms. The van der Waals surface area contributed by atoms with Crippen LogP contribution < -0.4 is 5.32 Å². The van der Waals surface area contributed by atoms with Crippen LogP contribution in [0.25, 0.3) is 10.8 Å². The van der Waals surface area contributed by atoms with Gasteiger partial charge in [0.2, 0.25) is 0 Å². The van der Waals surface area contributed by atoms with E-state index >= 15 is 0 Å². The molecular weight excluding hydrogens is 328 g/mol. The van der Waals surface area contributed by atoms with Gasteiger partial charge in [0.05, 0.1) is 5.56 Å². The molecule has 0 saturated heterocycles. The van der Waals surface area contributed by atoms with Crippen LogP contribution in [-0.2, 0) is 19.4 Å². The van der Waals surface area contributed by atoms with Crippen molar-refractivity contribution in [3.05, 3.63) is 53.6 Å². The zero-order valence-electron chi connectivity index (χ0n) is 14.6. The second-order valence-corrected chi connectivity index (χ2v) is 6.72. The van der Waals surface area contributed by atoms with Crippen molar-refractivity contribution >= 4 is 16.7 Å². The molecular formula is C20H22N4O2. The van der Waals surface area contributed by atoms with Crippen LogP contribution in [0.3, 0.4) is 0 Å². The molecule has 134 valence electrons. The summed E-state index contributed by atoms with van der Waals surface area (Å²) in [6.45, 7) is 1.42. The van der Waals surface area contributed by atoms with Crippen LogP contribution >= 0.6 is 0 Å². The Morgan fingerprint density at radius 1 is 1.12 bits per heavy atom. The van der Waals surface area contributed by atoms with Crippen molar-refractivity contribution in [1.29, 1.82) is 0 Å². The maximum atomic E-state index is 12.5. The third-order valence-electron chi connectivity index (χ3n) is 4.93. The molecule has 1 aliphatic heterocycles. The molecule has 0 radical (unpaired) electrons. The van der Waals surface area contributed by atoms with E-state index in [0.29, 0.717) is 18.5 Å². The average Bonchev–Trinajstić information content (AvgIpc) is 2.87. The third-order valence-corrected chi connectivity index (χ3v) is 4.93. The molecule has 2 aromatic carbocycles. The highest BCUT2D eigenvalue weighted by Gasteiger charge is 2.16. The predicted octanol–water partition coefficient (Wildman–Crippen LogP) is 2.84. The van der Waals surface area contributed by atoms with Crippen molar-refractivity contribution in [2.45, 2.75) is 38.6 Å². The van der Waals surface area contributed by atoms with Gasteiger partial charge < -0.3 is 15.0 Å². The normalized spacial score (nSPS) is 14.0. The highest BCUT2D eigenvalue weighted by molar-refractivity contribution is 6.01. The van der Waals surface area contributed by atoms with Gasteiger partial charge in [0, 0.05) is 25.9 Å². The van der Waals surface area contributed by atoms with E-state index in [-0.39, 0.29) is 11.7 Å². The van der Waals surface area contributed by atoms with Crippen molar-refractivity contribution in [1.82, 2.24) is 20.1 Å². The Balaban J connectivity index is 1.43. The summed E-state index contributed by atoms with van der Waals surface area (Å²) >= 11 is 0. The van der Waals surface area contributed by atoms with E-state index < -0.39 is 0 Å². The van der Waals surface area contributed by atoms with E-state index in [9.17, 15) is 9.90 Å². The van der Waals surface area contributed by atoms with E-state index in [1.807, 2.05) is 24.3 Å². The number of phenols is 1. The van der Waals surface area contributed by atoms with Gasteiger partial charge >= 0.3 is 0 Å². The summed E-state index contributed by atoms with van der Waals surface area (Å²) in [6.07, 6.45) is 5.14. The second-order valence-electron chi connectivity index (χ2n) is 6.72. The van der Waals surface area contributed by atoms with Crippen molar-refractivity contribution in [3.8, 4) is 5.75 Å². The van der Waals surface area contributed by atoms with Gasteiger partial charge in [0.1, 0.15) is 17.4 Å². The monoisotopic (exact) mass is 350 g/mol. The molecule has 1 aromatic heterocycles. The minimum absolute atomic E-state index is 0.00227. The van der Waals surface area contributed by atoms with Crippen molar-refractivity contribution in [3.63, 3.8) is 0 Å². The fourth-order valence-corrected chi connectivity index (χ4v) is 3.52. The van der Waals surface area contributed by atoms with Crippen molar-refractivity contribution in [2.75, 3.05) is 6.54 Å². The number of aromatic nitrogens is 3. The largest absolute Gasteiger partial charge is 0.507 e. The quantitative estimate of drug-likeness (QED) is 0.758. The number of hydrogen-bond donors (Lipinski definition) is 2. The van der Waals surface area contributed by atoms with E-state index in [1.165, 1.54) is 6.42 Å². The SMILES string of the molecule is O=C(NCCc1nnc2n1CCCCC2)c1cc2ccccc2cc1O. The highest BCUT2D eigenvalue weighted by atomic mass is 16.3. The maximum absolute atomic E-state index is 12.5. The van der Waals surface area contributed by atoms with Gasteiger partial charge in [-0.25, -0.2) is 0 Å². The predicted molar refractivity (Wildman–Crippen MR) is 99.2 cm³/mol. The van der Waals surface area contributed by atoms with Crippen LogP contribution in [0.5, 0.6) is 5.75 Å². The molecule has 4 rings (SSSR count). The number of nitrogens with one attached hydrogen (secondary N) is 1. The summed E-state index contributed by atoms with van der Waals surface area (Å²) in [6, 6.07) is 11.0. The van der Waals surface area contributed by atoms with Gasteiger partial charge in [-0.1, -0.05) is 30.7 Å². The number of rotatable bonds is 4. The lowest BCUT2D eigenvalue weighted by Crippen LogP contribution is -2.26. The number of amides is 1. The first-order valence-electron chi connectivity index (χ1n) is 9.13. The Bertz CT molecular complexity index is 948. The molecule has 1 aliphatic rings. The minimum atomic E-state index is -0.274. The Kier molecular flexibility index (Phi) is 4.56.